The molecule has 0 radical (unpaired) electrons. The molecule has 0 bridgehead atoms. The zero-order valence-corrected chi connectivity index (χ0v) is 17.3. The Kier molecular flexibility index (Phi) is 5.68. The van der Waals surface area contributed by atoms with Crippen LogP contribution < -0.4 is 14.8 Å². The molecule has 7 nitrogen and oxygen atoms in total. The minimum atomic E-state index is -0.361. The van der Waals surface area contributed by atoms with Crippen LogP contribution in [0.15, 0.2) is 24.3 Å². The summed E-state index contributed by atoms with van der Waals surface area (Å²) in [6, 6.07) is 5.36. The van der Waals surface area contributed by atoms with Crippen molar-refractivity contribution in [2.24, 2.45) is 5.41 Å². The number of amides is 1. The Morgan fingerprint density at radius 3 is 2.55 bits per heavy atom. The van der Waals surface area contributed by atoms with Crippen molar-refractivity contribution < 1.29 is 19.1 Å². The third-order valence-corrected chi connectivity index (χ3v) is 4.80. The molecule has 0 spiro atoms. The summed E-state index contributed by atoms with van der Waals surface area (Å²) in [7, 11) is 3.12. The van der Waals surface area contributed by atoms with E-state index in [1.54, 1.807) is 39.4 Å². The van der Waals surface area contributed by atoms with Gasteiger partial charge in [0.2, 0.25) is 5.95 Å². The molecular formula is C22H25N3O4. The van der Waals surface area contributed by atoms with Gasteiger partial charge in [0, 0.05) is 12.5 Å². The highest BCUT2D eigenvalue weighted by atomic mass is 16.5. The second kappa shape index (κ2) is 8.03. The summed E-state index contributed by atoms with van der Waals surface area (Å²) in [5, 5.41) is 2.68. The molecule has 0 unspecified atom stereocenters. The number of aryl methyl sites for hydroxylation is 1. The van der Waals surface area contributed by atoms with Gasteiger partial charge >= 0.3 is 0 Å². The van der Waals surface area contributed by atoms with E-state index in [-0.39, 0.29) is 23.1 Å². The predicted molar refractivity (Wildman–Crippen MR) is 110 cm³/mol. The number of aromatic nitrogens is 2. The van der Waals surface area contributed by atoms with Gasteiger partial charge < -0.3 is 9.47 Å². The number of nitrogens with one attached hydrogen (secondary N) is 1. The first kappa shape index (κ1) is 20.5. The van der Waals surface area contributed by atoms with Gasteiger partial charge in [0.05, 0.1) is 31.2 Å². The highest BCUT2D eigenvalue weighted by Gasteiger charge is 2.33. The average Bonchev–Trinajstić information content (AvgIpc) is 2.64. The van der Waals surface area contributed by atoms with Crippen LogP contribution in [0.5, 0.6) is 11.5 Å². The van der Waals surface area contributed by atoms with Crippen LogP contribution in [0.1, 0.15) is 47.6 Å². The molecule has 1 aromatic heterocycles. The Morgan fingerprint density at radius 1 is 1.14 bits per heavy atom. The number of carbonyl (C=O) groups excluding carboxylic acids is 2. The van der Waals surface area contributed by atoms with E-state index in [1.807, 2.05) is 19.9 Å². The van der Waals surface area contributed by atoms with Crippen molar-refractivity contribution >= 4 is 23.7 Å². The molecule has 1 amide bonds. The summed E-state index contributed by atoms with van der Waals surface area (Å²) in [5.41, 5.74) is 2.50. The minimum absolute atomic E-state index is 0.0555. The van der Waals surface area contributed by atoms with Gasteiger partial charge in [-0.1, -0.05) is 19.9 Å². The average molecular weight is 395 g/mol. The Hall–Kier alpha value is -3.22. The highest BCUT2D eigenvalue weighted by Crippen LogP contribution is 2.35. The second-order valence-corrected chi connectivity index (χ2v) is 7.83. The lowest BCUT2D eigenvalue weighted by atomic mass is 9.75. The third-order valence-electron chi connectivity index (χ3n) is 4.80. The highest BCUT2D eigenvalue weighted by molar-refractivity contribution is 6.02. The van der Waals surface area contributed by atoms with Crippen molar-refractivity contribution in [2.75, 3.05) is 19.5 Å². The van der Waals surface area contributed by atoms with Gasteiger partial charge in [-0.3, -0.25) is 14.9 Å². The van der Waals surface area contributed by atoms with Crippen LogP contribution in [-0.4, -0.2) is 35.9 Å². The number of benzene rings is 1. The predicted octanol–water partition coefficient (Wildman–Crippen LogP) is 3.61. The fraction of sp³-hybridized carbons (Fsp3) is 0.364. The van der Waals surface area contributed by atoms with Gasteiger partial charge in [0.1, 0.15) is 0 Å². The van der Waals surface area contributed by atoms with Gasteiger partial charge in [-0.2, -0.15) is 0 Å². The second-order valence-electron chi connectivity index (χ2n) is 7.83. The van der Waals surface area contributed by atoms with Gasteiger partial charge in [-0.05, 0) is 42.5 Å². The van der Waals surface area contributed by atoms with Gasteiger partial charge in [-0.25, -0.2) is 9.97 Å². The van der Waals surface area contributed by atoms with Crippen LogP contribution in [0.3, 0.4) is 0 Å². The Bertz CT molecular complexity index is 996. The SMILES string of the molecule is COc1ccc(/C=C/C(=O)Nc2nc(C)c3c(n2)CC(C)(C)CC3=O)cc1OC. The van der Waals surface area contributed by atoms with Crippen LogP contribution in [-0.2, 0) is 11.2 Å². The Balaban J connectivity index is 1.77. The quantitative estimate of drug-likeness (QED) is 0.778. The number of fused-ring (bicyclic) bond motifs is 1. The number of carbonyl (C=O) groups is 2. The molecule has 1 aliphatic rings. The van der Waals surface area contributed by atoms with Crippen molar-refractivity contribution in [1.82, 2.24) is 9.97 Å². The zero-order valence-electron chi connectivity index (χ0n) is 17.3. The van der Waals surface area contributed by atoms with Crippen LogP contribution in [0, 0.1) is 12.3 Å². The van der Waals surface area contributed by atoms with E-state index in [9.17, 15) is 9.59 Å². The third kappa shape index (κ3) is 4.62. The molecule has 3 rings (SSSR count). The lowest BCUT2D eigenvalue weighted by Gasteiger charge is -2.30. The number of ketones is 1. The van der Waals surface area contributed by atoms with Crippen molar-refractivity contribution in [3.05, 3.63) is 46.8 Å². The maximum Gasteiger partial charge on any atom is 0.250 e. The summed E-state index contributed by atoms with van der Waals surface area (Å²) in [6.45, 7) is 5.84. The van der Waals surface area contributed by atoms with Crippen molar-refractivity contribution in [2.45, 2.75) is 33.6 Å². The molecule has 152 valence electrons. The van der Waals surface area contributed by atoms with Crippen LogP contribution in [0.4, 0.5) is 5.95 Å². The van der Waals surface area contributed by atoms with E-state index in [0.29, 0.717) is 41.3 Å². The first-order valence-corrected chi connectivity index (χ1v) is 9.34. The Labute approximate surface area is 170 Å². The molecule has 29 heavy (non-hydrogen) atoms. The van der Waals surface area contributed by atoms with E-state index in [1.165, 1.54) is 6.08 Å². The number of hydrogen-bond acceptors (Lipinski definition) is 6. The van der Waals surface area contributed by atoms with Crippen LogP contribution in [0.2, 0.25) is 0 Å². The number of methoxy groups -OCH3 is 2. The smallest absolute Gasteiger partial charge is 0.250 e. The van der Waals surface area contributed by atoms with Crippen LogP contribution in [0.25, 0.3) is 6.08 Å². The van der Waals surface area contributed by atoms with Crippen LogP contribution >= 0.6 is 0 Å². The maximum atomic E-state index is 12.4. The summed E-state index contributed by atoms with van der Waals surface area (Å²) in [6.07, 6.45) is 4.20. The molecule has 0 fully saturated rings. The van der Waals surface area contributed by atoms with E-state index in [2.05, 4.69) is 15.3 Å². The summed E-state index contributed by atoms with van der Waals surface area (Å²) < 4.78 is 10.5. The normalized spacial score (nSPS) is 15.1. The molecule has 0 aliphatic heterocycles. The molecular weight excluding hydrogens is 370 g/mol. The minimum Gasteiger partial charge on any atom is -0.493 e. The monoisotopic (exact) mass is 395 g/mol. The van der Waals surface area contributed by atoms with Gasteiger partial charge in [-0.15, -0.1) is 0 Å². The summed E-state index contributed by atoms with van der Waals surface area (Å²) >= 11 is 0. The fourth-order valence-corrected chi connectivity index (χ4v) is 3.50. The van der Waals surface area contributed by atoms with Crippen molar-refractivity contribution in [3.63, 3.8) is 0 Å². The standard InChI is InChI=1S/C22H25N3O4/c1-13-20-15(11-22(2,3)12-16(20)26)24-21(23-13)25-19(27)9-7-14-6-8-17(28-4)18(10-14)29-5/h6-10H,11-12H2,1-5H3,(H,23,24,25,27)/b9-7+. The maximum absolute atomic E-state index is 12.4. The molecule has 0 atom stereocenters. The lowest BCUT2D eigenvalue weighted by molar-refractivity contribution is -0.111. The number of nitrogens with zero attached hydrogens (tertiary/aromatic N) is 2. The van der Waals surface area contributed by atoms with Gasteiger partial charge in [0.25, 0.3) is 5.91 Å². The fourth-order valence-electron chi connectivity index (χ4n) is 3.50. The molecule has 7 heteroatoms. The number of anilines is 1. The summed E-state index contributed by atoms with van der Waals surface area (Å²) in [4.78, 5) is 33.5. The van der Waals surface area contributed by atoms with E-state index in [4.69, 9.17) is 9.47 Å². The topological polar surface area (TPSA) is 90.4 Å². The largest absolute Gasteiger partial charge is 0.493 e. The van der Waals surface area contributed by atoms with Crippen molar-refractivity contribution in [1.29, 1.82) is 0 Å². The van der Waals surface area contributed by atoms with E-state index in [0.717, 1.165) is 5.56 Å². The molecule has 0 saturated heterocycles. The molecule has 1 N–H and O–H groups in total. The van der Waals surface area contributed by atoms with E-state index < -0.39 is 0 Å². The molecule has 2 aromatic rings. The molecule has 1 aromatic carbocycles. The first-order chi connectivity index (χ1) is 13.7. The van der Waals surface area contributed by atoms with Gasteiger partial charge in [0.15, 0.2) is 17.3 Å². The Morgan fingerprint density at radius 2 is 1.86 bits per heavy atom. The first-order valence-electron chi connectivity index (χ1n) is 9.34. The molecule has 1 aliphatic carbocycles. The van der Waals surface area contributed by atoms with Crippen molar-refractivity contribution in [3.8, 4) is 11.5 Å². The molecule has 0 saturated carbocycles. The number of ether oxygens (including phenoxy) is 2. The van der Waals surface area contributed by atoms with E-state index >= 15 is 0 Å². The molecule has 1 heterocycles. The zero-order chi connectivity index (χ0) is 21.2. The number of rotatable bonds is 5. The number of hydrogen-bond donors (Lipinski definition) is 1. The summed E-state index contributed by atoms with van der Waals surface area (Å²) in [5.74, 6) is 1.09. The number of Topliss-reactive ketones (excluding diaryl/α,β-unsaturated/α-hetero) is 1. The lowest BCUT2D eigenvalue weighted by Crippen LogP contribution is -2.29.